The maximum Gasteiger partial charge on any atom is 0.323 e. The van der Waals surface area contributed by atoms with Gasteiger partial charge in [0.15, 0.2) is 0 Å². The average Bonchev–Trinajstić information content (AvgIpc) is 2.23. The van der Waals surface area contributed by atoms with E-state index in [2.05, 4.69) is 13.5 Å². The van der Waals surface area contributed by atoms with Gasteiger partial charge in [-0.15, -0.1) is 6.58 Å². The van der Waals surface area contributed by atoms with E-state index in [0.29, 0.717) is 19.6 Å². The van der Waals surface area contributed by atoms with E-state index in [4.69, 9.17) is 15.2 Å². The molecule has 0 aromatic carbocycles. The Kier molecular flexibility index (Phi) is 9.11. The lowest BCUT2D eigenvalue weighted by atomic mass is 10.2. The molecular formula is C11H21NO3. The van der Waals surface area contributed by atoms with E-state index in [0.717, 1.165) is 12.8 Å². The number of nitrogens with two attached hydrogens (primary N) is 1. The van der Waals surface area contributed by atoms with E-state index >= 15 is 0 Å². The molecule has 0 spiro atoms. The Hall–Kier alpha value is -0.870. The molecule has 0 amide bonds. The van der Waals surface area contributed by atoms with E-state index in [-0.39, 0.29) is 6.61 Å². The van der Waals surface area contributed by atoms with Crippen LogP contribution in [0.4, 0.5) is 0 Å². The summed E-state index contributed by atoms with van der Waals surface area (Å²) in [6.45, 7) is 7.02. The third-order valence-electron chi connectivity index (χ3n) is 1.84. The molecule has 4 nitrogen and oxygen atoms in total. The molecule has 4 heteroatoms. The number of rotatable bonds is 9. The van der Waals surface area contributed by atoms with Gasteiger partial charge in [-0.3, -0.25) is 4.79 Å². The second-order valence-electron chi connectivity index (χ2n) is 3.26. The van der Waals surface area contributed by atoms with Crippen molar-refractivity contribution >= 4 is 5.97 Å². The van der Waals surface area contributed by atoms with Gasteiger partial charge in [0.25, 0.3) is 0 Å². The zero-order valence-corrected chi connectivity index (χ0v) is 9.41. The first-order chi connectivity index (χ1) is 7.22. The molecule has 88 valence electrons. The van der Waals surface area contributed by atoms with Crippen LogP contribution in [0.15, 0.2) is 12.7 Å². The van der Waals surface area contributed by atoms with Crippen molar-refractivity contribution in [1.82, 2.24) is 0 Å². The van der Waals surface area contributed by atoms with Crippen LogP contribution in [0.25, 0.3) is 0 Å². The van der Waals surface area contributed by atoms with Gasteiger partial charge in [-0.1, -0.05) is 19.4 Å². The van der Waals surface area contributed by atoms with Crippen molar-refractivity contribution in [2.45, 2.75) is 32.2 Å². The smallest absolute Gasteiger partial charge is 0.323 e. The molecule has 0 aliphatic rings. The van der Waals surface area contributed by atoms with Crippen LogP contribution in [0.2, 0.25) is 0 Å². The van der Waals surface area contributed by atoms with E-state index in [9.17, 15) is 4.79 Å². The van der Waals surface area contributed by atoms with Gasteiger partial charge >= 0.3 is 5.97 Å². The highest BCUT2D eigenvalue weighted by Gasteiger charge is 2.12. The molecule has 0 bridgehead atoms. The highest BCUT2D eigenvalue weighted by molar-refractivity contribution is 5.75. The molecule has 0 fully saturated rings. The predicted molar refractivity (Wildman–Crippen MR) is 59.5 cm³/mol. The maximum absolute atomic E-state index is 11.2. The van der Waals surface area contributed by atoms with E-state index in [1.807, 2.05) is 0 Å². The third kappa shape index (κ3) is 8.15. The Morgan fingerprint density at radius 2 is 2.20 bits per heavy atom. The number of hydrogen-bond donors (Lipinski definition) is 1. The van der Waals surface area contributed by atoms with E-state index in [1.165, 1.54) is 0 Å². The van der Waals surface area contributed by atoms with Crippen LogP contribution in [-0.4, -0.2) is 31.8 Å². The molecule has 0 aromatic rings. The van der Waals surface area contributed by atoms with E-state index < -0.39 is 12.0 Å². The molecule has 0 aromatic heterocycles. The van der Waals surface area contributed by atoms with Crippen molar-refractivity contribution in [3.8, 4) is 0 Å². The van der Waals surface area contributed by atoms with Gasteiger partial charge in [0.2, 0.25) is 0 Å². The second-order valence-corrected chi connectivity index (χ2v) is 3.26. The van der Waals surface area contributed by atoms with Crippen LogP contribution in [0.1, 0.15) is 26.2 Å². The lowest BCUT2D eigenvalue weighted by Crippen LogP contribution is -2.32. The van der Waals surface area contributed by atoms with Crippen molar-refractivity contribution in [3.63, 3.8) is 0 Å². The summed E-state index contributed by atoms with van der Waals surface area (Å²) < 4.78 is 10.1. The number of esters is 1. The zero-order valence-electron chi connectivity index (χ0n) is 9.41. The topological polar surface area (TPSA) is 61.6 Å². The highest BCUT2D eigenvalue weighted by atomic mass is 16.6. The normalized spacial score (nSPS) is 12.1. The Labute approximate surface area is 91.4 Å². The fourth-order valence-corrected chi connectivity index (χ4v) is 0.932. The van der Waals surface area contributed by atoms with Crippen LogP contribution in [0.5, 0.6) is 0 Å². The van der Waals surface area contributed by atoms with Crippen LogP contribution in [0.3, 0.4) is 0 Å². The molecule has 0 heterocycles. The summed E-state index contributed by atoms with van der Waals surface area (Å²) in [6.07, 6.45) is 4.17. The minimum Gasteiger partial charge on any atom is -0.462 e. The molecule has 1 unspecified atom stereocenters. The van der Waals surface area contributed by atoms with Gasteiger partial charge in [0.05, 0.1) is 6.61 Å². The quantitative estimate of drug-likeness (QED) is 0.357. The van der Waals surface area contributed by atoms with Crippen LogP contribution < -0.4 is 5.73 Å². The fraction of sp³-hybridized carbons (Fsp3) is 0.727. The van der Waals surface area contributed by atoms with E-state index in [1.54, 1.807) is 6.08 Å². The van der Waals surface area contributed by atoms with Crippen molar-refractivity contribution in [2.24, 2.45) is 5.73 Å². The van der Waals surface area contributed by atoms with Crippen LogP contribution in [-0.2, 0) is 14.3 Å². The van der Waals surface area contributed by atoms with Gasteiger partial charge in [0.1, 0.15) is 12.6 Å². The first-order valence-electron chi connectivity index (χ1n) is 5.33. The van der Waals surface area contributed by atoms with Gasteiger partial charge in [-0.25, -0.2) is 0 Å². The summed E-state index contributed by atoms with van der Waals surface area (Å²) >= 11 is 0. The fourth-order valence-electron chi connectivity index (χ4n) is 0.932. The first kappa shape index (κ1) is 14.1. The number of ether oxygens (including phenoxy) is 2. The summed E-state index contributed by atoms with van der Waals surface area (Å²) in [7, 11) is 0. The van der Waals surface area contributed by atoms with Crippen molar-refractivity contribution in [2.75, 3.05) is 19.8 Å². The number of carbonyl (C=O) groups excluding carboxylic acids is 1. The molecule has 0 saturated heterocycles. The Morgan fingerprint density at radius 3 is 2.80 bits per heavy atom. The molecule has 2 N–H and O–H groups in total. The second kappa shape index (κ2) is 9.68. The summed E-state index contributed by atoms with van der Waals surface area (Å²) in [5, 5.41) is 0. The minimum atomic E-state index is -0.599. The largest absolute Gasteiger partial charge is 0.462 e. The Bertz CT molecular complexity index is 183. The molecule has 0 radical (unpaired) electrons. The van der Waals surface area contributed by atoms with Gasteiger partial charge in [-0.2, -0.15) is 0 Å². The third-order valence-corrected chi connectivity index (χ3v) is 1.84. The molecule has 0 aliphatic carbocycles. The number of hydrogen-bond acceptors (Lipinski definition) is 4. The van der Waals surface area contributed by atoms with Crippen LogP contribution >= 0.6 is 0 Å². The molecule has 0 aliphatic heterocycles. The predicted octanol–water partition coefficient (Wildman–Crippen LogP) is 1.25. The summed E-state index contributed by atoms with van der Waals surface area (Å²) in [5.41, 5.74) is 5.50. The summed E-state index contributed by atoms with van der Waals surface area (Å²) in [6, 6.07) is -0.599. The molecular weight excluding hydrogens is 194 g/mol. The monoisotopic (exact) mass is 215 g/mol. The highest BCUT2D eigenvalue weighted by Crippen LogP contribution is 1.93. The number of carbonyl (C=O) groups is 1. The van der Waals surface area contributed by atoms with Crippen LogP contribution in [0, 0.1) is 0 Å². The van der Waals surface area contributed by atoms with Gasteiger partial charge in [-0.05, 0) is 12.8 Å². The first-order valence-corrected chi connectivity index (χ1v) is 5.33. The zero-order chi connectivity index (χ0) is 11.5. The summed E-state index contributed by atoms with van der Waals surface area (Å²) in [4.78, 5) is 11.2. The van der Waals surface area contributed by atoms with Gasteiger partial charge < -0.3 is 15.2 Å². The molecule has 1 atom stereocenters. The number of unbranched alkanes of at least 4 members (excludes halogenated alkanes) is 1. The minimum absolute atomic E-state index is 0.271. The van der Waals surface area contributed by atoms with Crippen molar-refractivity contribution < 1.29 is 14.3 Å². The SMILES string of the molecule is C=CCC(N)C(=O)OCCOCCCC. The average molecular weight is 215 g/mol. The molecule has 0 saturated carbocycles. The lowest BCUT2D eigenvalue weighted by molar-refractivity contribution is -0.146. The van der Waals surface area contributed by atoms with Crippen molar-refractivity contribution in [3.05, 3.63) is 12.7 Å². The molecule has 15 heavy (non-hydrogen) atoms. The molecule has 0 rings (SSSR count). The maximum atomic E-state index is 11.2. The Balaban J connectivity index is 3.34. The van der Waals surface area contributed by atoms with Gasteiger partial charge in [0, 0.05) is 6.61 Å². The van der Waals surface area contributed by atoms with Crippen molar-refractivity contribution in [1.29, 1.82) is 0 Å². The standard InChI is InChI=1S/C11H21NO3/c1-3-5-7-14-8-9-15-11(13)10(12)6-4-2/h4,10H,2-3,5-9,12H2,1H3. The lowest BCUT2D eigenvalue weighted by Gasteiger charge is -2.09. The summed E-state index contributed by atoms with van der Waals surface area (Å²) in [5.74, 6) is -0.394. The Morgan fingerprint density at radius 1 is 1.47 bits per heavy atom.